The zero-order chi connectivity index (χ0) is 24.4. The molecule has 9 heteroatoms. The highest BCUT2D eigenvalue weighted by molar-refractivity contribution is 7.99. The average molecular weight is 491 g/mol. The molecule has 182 valence electrons. The van der Waals surface area contributed by atoms with Gasteiger partial charge in [0.1, 0.15) is 0 Å². The monoisotopic (exact) mass is 490 g/mol. The fraction of sp³-hybridized carbons (Fsp3) is 0.385. The Morgan fingerprint density at radius 1 is 1.00 bits per heavy atom. The average Bonchev–Trinajstić information content (AvgIpc) is 3.31. The van der Waals surface area contributed by atoms with Gasteiger partial charge in [-0.2, -0.15) is 0 Å². The zero-order valence-corrected chi connectivity index (χ0v) is 21.0. The summed E-state index contributed by atoms with van der Waals surface area (Å²) in [5, 5.41) is 9.93. The third kappa shape index (κ3) is 4.70. The van der Waals surface area contributed by atoms with Crippen LogP contribution in [0.4, 0.5) is 0 Å². The second-order valence-corrected chi connectivity index (χ2v) is 9.91. The molecule has 5 rings (SSSR count). The lowest BCUT2D eigenvalue weighted by Gasteiger charge is -2.35. The Morgan fingerprint density at radius 3 is 2.51 bits per heavy atom. The molecular weight excluding hydrogens is 460 g/mol. The van der Waals surface area contributed by atoms with Crippen molar-refractivity contribution in [2.24, 2.45) is 0 Å². The minimum atomic E-state index is -0.0569. The van der Waals surface area contributed by atoms with E-state index in [4.69, 9.17) is 0 Å². The minimum absolute atomic E-state index is 0.0569. The van der Waals surface area contributed by atoms with Crippen molar-refractivity contribution in [3.8, 4) is 0 Å². The first kappa shape index (κ1) is 23.6. The maximum absolute atomic E-state index is 13.0. The lowest BCUT2D eigenvalue weighted by Crippen LogP contribution is -2.48. The van der Waals surface area contributed by atoms with Gasteiger partial charge in [0, 0.05) is 39.3 Å². The van der Waals surface area contributed by atoms with Crippen LogP contribution in [0.1, 0.15) is 24.5 Å². The standard InChI is InChI=1S/C26H30N6O2S/c1-3-12-31-24(34)21-10-6-7-11-22(21)32-25(31)27-28-26(32)35-18-23(33)30-15-13-29(14-16-30)17-20-9-5-4-8-19(20)2/h4-11H,3,12-18H2,1-2H3. The molecule has 0 radical (unpaired) electrons. The Hall–Kier alpha value is -3.17. The van der Waals surface area contributed by atoms with Crippen molar-refractivity contribution in [2.75, 3.05) is 31.9 Å². The van der Waals surface area contributed by atoms with E-state index in [0.717, 1.165) is 44.7 Å². The van der Waals surface area contributed by atoms with E-state index in [9.17, 15) is 9.59 Å². The summed E-state index contributed by atoms with van der Waals surface area (Å²) in [6.07, 6.45) is 0.817. The van der Waals surface area contributed by atoms with Crippen molar-refractivity contribution in [3.05, 3.63) is 70.0 Å². The zero-order valence-electron chi connectivity index (χ0n) is 20.2. The predicted molar refractivity (Wildman–Crippen MR) is 139 cm³/mol. The molecule has 1 aliphatic heterocycles. The largest absolute Gasteiger partial charge is 0.339 e. The number of aromatic nitrogens is 4. The Labute approximate surface area is 208 Å². The number of aryl methyl sites for hydroxylation is 2. The van der Waals surface area contributed by atoms with E-state index in [1.165, 1.54) is 22.9 Å². The summed E-state index contributed by atoms with van der Waals surface area (Å²) in [5.41, 5.74) is 3.36. The van der Waals surface area contributed by atoms with Gasteiger partial charge in [0.25, 0.3) is 5.56 Å². The van der Waals surface area contributed by atoms with Crippen LogP contribution in [0.5, 0.6) is 0 Å². The molecule has 35 heavy (non-hydrogen) atoms. The number of amides is 1. The van der Waals surface area contributed by atoms with Crippen LogP contribution in [0.15, 0.2) is 58.5 Å². The molecule has 2 aromatic carbocycles. The molecule has 0 aliphatic carbocycles. The van der Waals surface area contributed by atoms with E-state index < -0.39 is 0 Å². The van der Waals surface area contributed by atoms with Crippen molar-refractivity contribution in [3.63, 3.8) is 0 Å². The Bertz CT molecular complexity index is 1420. The fourth-order valence-corrected chi connectivity index (χ4v) is 5.50. The summed E-state index contributed by atoms with van der Waals surface area (Å²) in [6.45, 7) is 8.85. The van der Waals surface area contributed by atoms with Gasteiger partial charge in [-0.25, -0.2) is 0 Å². The number of carbonyl (C=O) groups is 1. The third-order valence-electron chi connectivity index (χ3n) is 6.63. The van der Waals surface area contributed by atoms with Gasteiger partial charge in [-0.15, -0.1) is 10.2 Å². The summed E-state index contributed by atoms with van der Waals surface area (Å²) in [7, 11) is 0. The molecule has 2 aromatic heterocycles. The minimum Gasteiger partial charge on any atom is -0.339 e. The molecule has 1 amide bonds. The Balaban J connectivity index is 1.27. The third-order valence-corrected chi connectivity index (χ3v) is 7.54. The van der Waals surface area contributed by atoms with Crippen LogP contribution in [0.2, 0.25) is 0 Å². The molecule has 1 aliphatic rings. The highest BCUT2D eigenvalue weighted by Crippen LogP contribution is 2.22. The number of rotatable bonds is 7. The first-order chi connectivity index (χ1) is 17.1. The van der Waals surface area contributed by atoms with Crippen molar-refractivity contribution in [2.45, 2.75) is 38.5 Å². The van der Waals surface area contributed by atoms with Gasteiger partial charge < -0.3 is 4.90 Å². The van der Waals surface area contributed by atoms with E-state index in [0.29, 0.717) is 28.6 Å². The smallest absolute Gasteiger partial charge is 0.262 e. The number of fused-ring (bicyclic) bond motifs is 3. The summed E-state index contributed by atoms with van der Waals surface area (Å²) in [4.78, 5) is 30.3. The fourth-order valence-electron chi connectivity index (χ4n) is 4.65. The molecule has 0 spiro atoms. The van der Waals surface area contributed by atoms with Gasteiger partial charge in [-0.3, -0.25) is 23.5 Å². The molecule has 3 heterocycles. The lowest BCUT2D eigenvalue weighted by molar-refractivity contribution is -0.130. The predicted octanol–water partition coefficient (Wildman–Crippen LogP) is 3.20. The Kier molecular flexibility index (Phi) is 6.88. The van der Waals surface area contributed by atoms with Crippen molar-refractivity contribution >= 4 is 34.3 Å². The molecule has 8 nitrogen and oxygen atoms in total. The van der Waals surface area contributed by atoms with Gasteiger partial charge in [0.2, 0.25) is 11.7 Å². The van der Waals surface area contributed by atoms with Gasteiger partial charge >= 0.3 is 0 Å². The molecule has 1 saturated heterocycles. The van der Waals surface area contributed by atoms with Gasteiger partial charge in [0.05, 0.1) is 16.7 Å². The van der Waals surface area contributed by atoms with Crippen molar-refractivity contribution in [1.29, 1.82) is 0 Å². The molecule has 0 unspecified atom stereocenters. The normalized spacial score (nSPS) is 14.7. The number of carbonyl (C=O) groups excluding carboxylic acids is 1. The number of hydrogen-bond acceptors (Lipinski definition) is 6. The maximum Gasteiger partial charge on any atom is 0.262 e. The number of nitrogens with zero attached hydrogens (tertiary/aromatic N) is 6. The molecule has 4 aromatic rings. The van der Waals surface area contributed by atoms with Crippen molar-refractivity contribution < 1.29 is 4.79 Å². The lowest BCUT2D eigenvalue weighted by atomic mass is 10.1. The van der Waals surface area contributed by atoms with Crippen LogP contribution in [0, 0.1) is 6.92 Å². The second kappa shape index (κ2) is 10.2. The first-order valence-corrected chi connectivity index (χ1v) is 13.1. The summed E-state index contributed by atoms with van der Waals surface area (Å²) in [6, 6.07) is 16.0. The van der Waals surface area contributed by atoms with Crippen LogP contribution in [-0.4, -0.2) is 66.8 Å². The second-order valence-electron chi connectivity index (χ2n) is 8.96. The molecular formula is C26H30N6O2S. The summed E-state index contributed by atoms with van der Waals surface area (Å²) < 4.78 is 3.58. The van der Waals surface area contributed by atoms with Crippen LogP contribution in [0.3, 0.4) is 0 Å². The van der Waals surface area contributed by atoms with Crippen molar-refractivity contribution in [1.82, 2.24) is 29.0 Å². The number of piperazine rings is 1. The van der Waals surface area contributed by atoms with E-state index in [1.54, 1.807) is 4.57 Å². The van der Waals surface area contributed by atoms with Crippen LogP contribution < -0.4 is 5.56 Å². The highest BCUT2D eigenvalue weighted by Gasteiger charge is 2.23. The van der Waals surface area contributed by atoms with E-state index >= 15 is 0 Å². The SMILES string of the molecule is CCCn1c(=O)c2ccccc2n2c(SCC(=O)N3CCN(Cc4ccccc4C)CC3)nnc12. The molecule has 0 bridgehead atoms. The topological polar surface area (TPSA) is 75.7 Å². The Morgan fingerprint density at radius 2 is 1.74 bits per heavy atom. The molecule has 1 fully saturated rings. The number of thioether (sulfide) groups is 1. The van der Waals surface area contributed by atoms with Gasteiger partial charge in [-0.05, 0) is 36.6 Å². The first-order valence-electron chi connectivity index (χ1n) is 12.1. The van der Waals surface area contributed by atoms with Gasteiger partial charge in [-0.1, -0.05) is 55.1 Å². The van der Waals surface area contributed by atoms with E-state index in [2.05, 4.69) is 46.3 Å². The van der Waals surface area contributed by atoms with E-state index in [-0.39, 0.29) is 11.5 Å². The number of hydrogen-bond donors (Lipinski definition) is 0. The van der Waals surface area contributed by atoms with Crippen LogP contribution in [0.25, 0.3) is 16.7 Å². The van der Waals surface area contributed by atoms with Gasteiger partial charge in [0.15, 0.2) is 5.16 Å². The number of benzene rings is 2. The number of para-hydroxylation sites is 1. The van der Waals surface area contributed by atoms with Crippen LogP contribution >= 0.6 is 11.8 Å². The highest BCUT2D eigenvalue weighted by atomic mass is 32.2. The molecule has 0 N–H and O–H groups in total. The summed E-state index contributed by atoms with van der Waals surface area (Å²) >= 11 is 1.38. The van der Waals surface area contributed by atoms with Crippen LogP contribution in [-0.2, 0) is 17.9 Å². The maximum atomic E-state index is 13.0. The summed E-state index contributed by atoms with van der Waals surface area (Å²) in [5.74, 6) is 0.920. The molecule has 0 atom stereocenters. The quantitative estimate of drug-likeness (QED) is 0.371. The molecule has 0 saturated carbocycles. The van der Waals surface area contributed by atoms with E-state index in [1.807, 2.05) is 40.5 Å².